The van der Waals surface area contributed by atoms with Crippen LogP contribution in [-0.4, -0.2) is 16.7 Å². The second-order valence-electron chi connectivity index (χ2n) is 6.53. The summed E-state index contributed by atoms with van der Waals surface area (Å²) in [6, 6.07) is 1.77. The molecule has 1 atom stereocenters. The maximum Gasteiger partial charge on any atom is 0.408 e. The smallest absolute Gasteiger partial charge is 0.408 e. The maximum atomic E-state index is 12.0. The molecule has 0 fully saturated rings. The Balaban J connectivity index is 2.19. The molecule has 22 heavy (non-hydrogen) atoms. The molecule has 1 N–H and O–H groups in total. The average Bonchev–Trinajstić information content (AvgIpc) is 2.84. The summed E-state index contributed by atoms with van der Waals surface area (Å²) in [4.78, 5) is 16.8. The SMILES string of the molecule is C=CC[C@H](NC(=O)OC(C)(C)C)c1cc(Br)c2c(n1)CCC2. The van der Waals surface area contributed by atoms with Crippen molar-refractivity contribution in [1.29, 1.82) is 0 Å². The quantitative estimate of drug-likeness (QED) is 0.799. The van der Waals surface area contributed by atoms with Crippen molar-refractivity contribution in [2.75, 3.05) is 0 Å². The molecular formula is C17H23BrN2O2. The zero-order valence-electron chi connectivity index (χ0n) is 13.4. The van der Waals surface area contributed by atoms with Crippen LogP contribution in [0.5, 0.6) is 0 Å². The highest BCUT2D eigenvalue weighted by atomic mass is 79.9. The summed E-state index contributed by atoms with van der Waals surface area (Å²) in [6.07, 6.45) is 5.15. The number of pyridine rings is 1. The van der Waals surface area contributed by atoms with Crippen molar-refractivity contribution in [2.24, 2.45) is 0 Å². The topological polar surface area (TPSA) is 51.2 Å². The van der Waals surface area contributed by atoms with E-state index < -0.39 is 11.7 Å². The van der Waals surface area contributed by atoms with Gasteiger partial charge in [0.15, 0.2) is 0 Å². The number of nitrogens with zero attached hydrogens (tertiary/aromatic N) is 1. The molecule has 0 unspecified atom stereocenters. The highest BCUT2D eigenvalue weighted by molar-refractivity contribution is 9.10. The Morgan fingerprint density at radius 3 is 2.91 bits per heavy atom. The number of ether oxygens (including phenoxy) is 1. The Morgan fingerprint density at radius 1 is 1.55 bits per heavy atom. The van der Waals surface area contributed by atoms with Gasteiger partial charge in [-0.1, -0.05) is 22.0 Å². The van der Waals surface area contributed by atoms with Gasteiger partial charge in [0.1, 0.15) is 5.60 Å². The number of rotatable bonds is 4. The third-order valence-corrected chi connectivity index (χ3v) is 4.17. The van der Waals surface area contributed by atoms with Crippen LogP contribution < -0.4 is 5.32 Å². The molecule has 1 aromatic heterocycles. The molecule has 2 rings (SSSR count). The van der Waals surface area contributed by atoms with Crippen LogP contribution in [0, 0.1) is 0 Å². The second kappa shape index (κ2) is 6.82. The number of nitrogens with one attached hydrogen (secondary N) is 1. The molecule has 120 valence electrons. The molecule has 0 saturated heterocycles. The molecule has 0 aliphatic heterocycles. The highest BCUT2D eigenvalue weighted by Gasteiger charge is 2.23. The number of alkyl carbamates (subject to hydrolysis) is 1. The second-order valence-corrected chi connectivity index (χ2v) is 7.39. The molecule has 0 radical (unpaired) electrons. The van der Waals surface area contributed by atoms with Crippen molar-refractivity contribution in [3.63, 3.8) is 0 Å². The lowest BCUT2D eigenvalue weighted by Crippen LogP contribution is -2.35. The Labute approximate surface area is 140 Å². The van der Waals surface area contributed by atoms with Crippen LogP contribution >= 0.6 is 15.9 Å². The Kier molecular flexibility index (Phi) is 5.27. The van der Waals surface area contributed by atoms with E-state index in [1.807, 2.05) is 26.8 Å². The summed E-state index contributed by atoms with van der Waals surface area (Å²) < 4.78 is 6.41. The van der Waals surface area contributed by atoms with Gasteiger partial charge < -0.3 is 10.1 Å². The summed E-state index contributed by atoms with van der Waals surface area (Å²) in [5, 5.41) is 2.89. The van der Waals surface area contributed by atoms with Gasteiger partial charge in [-0.05, 0) is 58.1 Å². The van der Waals surface area contributed by atoms with Crippen LogP contribution in [0.25, 0.3) is 0 Å². The van der Waals surface area contributed by atoms with Gasteiger partial charge in [0, 0.05) is 10.2 Å². The Bertz CT molecular complexity index is 579. The average molecular weight is 367 g/mol. The third-order valence-electron chi connectivity index (χ3n) is 3.47. The molecule has 0 bridgehead atoms. The fourth-order valence-corrected chi connectivity index (χ4v) is 3.22. The molecule has 1 amide bonds. The lowest BCUT2D eigenvalue weighted by atomic mass is 10.1. The minimum absolute atomic E-state index is 0.227. The zero-order valence-corrected chi connectivity index (χ0v) is 15.0. The summed E-state index contributed by atoms with van der Waals surface area (Å²) in [7, 11) is 0. The molecule has 1 heterocycles. The van der Waals surface area contributed by atoms with E-state index >= 15 is 0 Å². The van der Waals surface area contributed by atoms with Gasteiger partial charge in [-0.3, -0.25) is 4.98 Å². The van der Waals surface area contributed by atoms with Crippen molar-refractivity contribution >= 4 is 22.0 Å². The summed E-state index contributed by atoms with van der Waals surface area (Å²) in [5.74, 6) is 0. The number of carbonyl (C=O) groups excluding carboxylic acids is 1. The molecule has 1 aliphatic rings. The first kappa shape index (κ1) is 17.0. The van der Waals surface area contributed by atoms with Crippen molar-refractivity contribution in [2.45, 2.75) is 58.1 Å². The Hall–Kier alpha value is -1.36. The molecule has 1 aliphatic carbocycles. The zero-order chi connectivity index (χ0) is 16.3. The molecule has 1 aromatic rings. The number of halogens is 1. The van der Waals surface area contributed by atoms with E-state index in [1.165, 1.54) is 5.56 Å². The van der Waals surface area contributed by atoms with Gasteiger partial charge in [-0.2, -0.15) is 0 Å². The van der Waals surface area contributed by atoms with Crippen molar-refractivity contribution in [1.82, 2.24) is 10.3 Å². The van der Waals surface area contributed by atoms with Gasteiger partial charge in [0.25, 0.3) is 0 Å². The lowest BCUT2D eigenvalue weighted by molar-refractivity contribution is 0.0503. The lowest BCUT2D eigenvalue weighted by Gasteiger charge is -2.23. The van der Waals surface area contributed by atoms with Gasteiger partial charge in [-0.25, -0.2) is 4.79 Å². The standard InChI is InChI=1S/C17H23BrN2O2/c1-5-7-14(20-16(21)22-17(2,3)4)15-10-12(18)11-8-6-9-13(11)19-15/h5,10,14H,1,6-9H2,2-4H3,(H,20,21)/t14-/m0/s1. The number of aromatic nitrogens is 1. The molecule has 0 aromatic carbocycles. The van der Waals surface area contributed by atoms with E-state index in [9.17, 15) is 4.79 Å². The molecule has 4 nitrogen and oxygen atoms in total. The van der Waals surface area contributed by atoms with Crippen molar-refractivity contribution in [3.8, 4) is 0 Å². The fraction of sp³-hybridized carbons (Fsp3) is 0.529. The van der Waals surface area contributed by atoms with E-state index in [0.717, 1.165) is 35.1 Å². The van der Waals surface area contributed by atoms with Gasteiger partial charge >= 0.3 is 6.09 Å². The number of hydrogen-bond acceptors (Lipinski definition) is 3. The number of amides is 1. The van der Waals surface area contributed by atoms with Crippen LogP contribution in [0.1, 0.15) is 56.6 Å². The summed E-state index contributed by atoms with van der Waals surface area (Å²) in [5.41, 5.74) is 2.75. The molecule has 5 heteroatoms. The maximum absolute atomic E-state index is 12.0. The molecule has 0 saturated carbocycles. The van der Waals surface area contributed by atoms with Crippen LogP contribution in [-0.2, 0) is 17.6 Å². The van der Waals surface area contributed by atoms with E-state index in [0.29, 0.717) is 6.42 Å². The van der Waals surface area contributed by atoms with Gasteiger partial charge in [-0.15, -0.1) is 6.58 Å². The predicted molar refractivity (Wildman–Crippen MR) is 90.9 cm³/mol. The van der Waals surface area contributed by atoms with Gasteiger partial charge in [0.05, 0.1) is 11.7 Å². The van der Waals surface area contributed by atoms with E-state index in [2.05, 4.69) is 27.8 Å². The van der Waals surface area contributed by atoms with Crippen LogP contribution in [0.4, 0.5) is 4.79 Å². The van der Waals surface area contributed by atoms with Crippen molar-refractivity contribution in [3.05, 3.63) is 40.1 Å². The van der Waals surface area contributed by atoms with Crippen LogP contribution in [0.2, 0.25) is 0 Å². The van der Waals surface area contributed by atoms with Crippen LogP contribution in [0.15, 0.2) is 23.2 Å². The summed E-state index contributed by atoms with van der Waals surface area (Å²) >= 11 is 3.62. The van der Waals surface area contributed by atoms with E-state index in [1.54, 1.807) is 6.08 Å². The number of aryl methyl sites for hydroxylation is 1. The monoisotopic (exact) mass is 366 g/mol. The minimum Gasteiger partial charge on any atom is -0.444 e. The minimum atomic E-state index is -0.519. The number of hydrogen-bond donors (Lipinski definition) is 1. The first-order valence-corrected chi connectivity index (χ1v) is 8.38. The van der Waals surface area contributed by atoms with Gasteiger partial charge in [0.2, 0.25) is 0 Å². The largest absolute Gasteiger partial charge is 0.444 e. The Morgan fingerprint density at radius 2 is 2.27 bits per heavy atom. The van der Waals surface area contributed by atoms with E-state index in [4.69, 9.17) is 9.72 Å². The normalized spacial score (nSPS) is 15.1. The predicted octanol–water partition coefficient (Wildman–Crippen LogP) is 4.47. The fourth-order valence-electron chi connectivity index (χ4n) is 2.56. The number of fused-ring (bicyclic) bond motifs is 1. The van der Waals surface area contributed by atoms with E-state index in [-0.39, 0.29) is 6.04 Å². The first-order valence-electron chi connectivity index (χ1n) is 7.59. The molecule has 0 spiro atoms. The number of carbonyl (C=O) groups is 1. The summed E-state index contributed by atoms with van der Waals surface area (Å²) in [6.45, 7) is 9.31. The third kappa shape index (κ3) is 4.32. The molecular weight excluding hydrogens is 344 g/mol. The first-order chi connectivity index (χ1) is 10.3. The van der Waals surface area contributed by atoms with Crippen LogP contribution in [0.3, 0.4) is 0 Å². The van der Waals surface area contributed by atoms with Crippen molar-refractivity contribution < 1.29 is 9.53 Å². The highest BCUT2D eigenvalue weighted by Crippen LogP contribution is 2.31.